The van der Waals surface area contributed by atoms with Gasteiger partial charge in [0.25, 0.3) is 0 Å². The van der Waals surface area contributed by atoms with Crippen LogP contribution in [0.3, 0.4) is 0 Å². The number of anilines is 2. The highest BCUT2D eigenvalue weighted by Crippen LogP contribution is 2.22. The van der Waals surface area contributed by atoms with Crippen LogP contribution in [0.1, 0.15) is 0 Å². The molecule has 0 saturated heterocycles. The molecule has 0 fully saturated rings. The minimum Gasteiger partial charge on any atom is -0.739 e. The first kappa shape index (κ1) is 10.4. The van der Waals surface area contributed by atoms with E-state index in [0.717, 1.165) is 0 Å². The summed E-state index contributed by atoms with van der Waals surface area (Å²) < 4.78 is -0.316. The molecule has 0 radical (unpaired) electrons. The molecule has 0 bridgehead atoms. The van der Waals surface area contributed by atoms with E-state index in [1.165, 1.54) is 0 Å². The maximum absolute atomic E-state index is 11.0. The Morgan fingerprint density at radius 3 is 1.67 bits per heavy atom. The van der Waals surface area contributed by atoms with Gasteiger partial charge in [0.1, 0.15) is 0 Å². The molecule has 1 heterocycles. The van der Waals surface area contributed by atoms with Crippen LogP contribution in [0, 0.1) is 25.4 Å². The molecule has 0 aliphatic rings. The largest absolute Gasteiger partial charge is 0.739 e. The van der Waals surface area contributed by atoms with E-state index in [9.17, 15) is 25.4 Å². The van der Waals surface area contributed by atoms with Gasteiger partial charge >= 0.3 is 23.3 Å². The van der Waals surface area contributed by atoms with Gasteiger partial charge in [-0.05, 0) is 9.85 Å². The Balaban J connectivity index is 3.59. The Morgan fingerprint density at radius 2 is 1.40 bits per heavy atom. The fourth-order valence-electron chi connectivity index (χ4n) is 0.795. The number of nitro groups is 2. The van der Waals surface area contributed by atoms with Gasteiger partial charge < -0.3 is 36.9 Å². The molecule has 0 aromatic carbocycles. The Morgan fingerprint density at radius 1 is 1.07 bits per heavy atom. The van der Waals surface area contributed by atoms with E-state index in [2.05, 4.69) is 4.98 Å². The second-order valence-electron chi connectivity index (χ2n) is 2.34. The summed E-state index contributed by atoms with van der Waals surface area (Å²) >= 11 is 0. The van der Waals surface area contributed by atoms with Gasteiger partial charge in [-0.2, -0.15) is 0 Å². The second kappa shape index (κ2) is 3.21. The van der Waals surface area contributed by atoms with Crippen molar-refractivity contribution in [3.05, 3.63) is 25.4 Å². The van der Waals surface area contributed by atoms with Crippen molar-refractivity contribution in [1.82, 2.24) is 4.98 Å². The lowest BCUT2D eigenvalue weighted by Gasteiger charge is -2.08. The average molecular weight is 216 g/mol. The molecule has 0 aliphatic heterocycles. The molecule has 0 atom stereocenters. The lowest BCUT2D eigenvalue weighted by Crippen LogP contribution is -2.36. The molecule has 0 saturated carbocycles. The number of aromatic nitrogens is 2. The van der Waals surface area contributed by atoms with Gasteiger partial charge in [0.05, 0.1) is 0 Å². The molecule has 4 N–H and O–H groups in total. The summed E-state index contributed by atoms with van der Waals surface area (Å²) in [7, 11) is 0. The summed E-state index contributed by atoms with van der Waals surface area (Å²) in [6.45, 7) is 0. The Kier molecular flexibility index (Phi) is 2.22. The van der Waals surface area contributed by atoms with Crippen LogP contribution in [0.5, 0.6) is 0 Å². The topological polar surface area (TPSA) is 178 Å². The van der Waals surface area contributed by atoms with Crippen molar-refractivity contribution in [2.75, 3.05) is 11.5 Å². The predicted molar refractivity (Wildman–Crippen MR) is 45.3 cm³/mol. The first-order valence-corrected chi connectivity index (χ1v) is 3.33. The summed E-state index contributed by atoms with van der Waals surface area (Å²) in [5.41, 5.74) is 9.99. The number of nitrogen functional groups attached to an aromatic ring is 2. The Hall–Kier alpha value is -2.72. The fraction of sp³-hybridized carbons (Fsp3) is 0. The Labute approximate surface area is 80.8 Å². The normalized spacial score (nSPS) is 9.87. The van der Waals surface area contributed by atoms with Crippen LogP contribution in [-0.4, -0.2) is 14.8 Å². The zero-order chi connectivity index (χ0) is 11.7. The highest BCUT2D eigenvalue weighted by atomic mass is 16.6. The molecule has 0 aliphatic carbocycles. The zero-order valence-electron chi connectivity index (χ0n) is 6.98. The molecule has 0 amide bonds. The monoisotopic (exact) mass is 216 g/mol. The minimum absolute atomic E-state index is 0.316. The number of nitrogens with zero attached hydrogens (tertiary/aromatic N) is 4. The van der Waals surface area contributed by atoms with E-state index in [0.29, 0.717) is 0 Å². The van der Waals surface area contributed by atoms with Crippen molar-refractivity contribution in [2.45, 2.75) is 0 Å². The van der Waals surface area contributed by atoms with E-state index in [-0.39, 0.29) is 4.73 Å². The van der Waals surface area contributed by atoms with Crippen molar-refractivity contribution in [2.24, 2.45) is 0 Å². The molecule has 1 aromatic heterocycles. The van der Waals surface area contributed by atoms with Crippen LogP contribution in [0.4, 0.5) is 23.3 Å². The summed E-state index contributed by atoms with van der Waals surface area (Å²) in [5, 5.41) is 31.7. The number of rotatable bonds is 2. The maximum atomic E-state index is 11.0. The van der Waals surface area contributed by atoms with Gasteiger partial charge in [0.2, 0.25) is 0 Å². The highest BCUT2D eigenvalue weighted by Gasteiger charge is 2.30. The van der Waals surface area contributed by atoms with Crippen LogP contribution >= 0.6 is 0 Å². The van der Waals surface area contributed by atoms with E-state index in [4.69, 9.17) is 11.5 Å². The van der Waals surface area contributed by atoms with Crippen LogP contribution < -0.4 is 16.2 Å². The SMILES string of the molecule is Nc1c([N+](=O)[O-])nc([N+](=O)[O-])c(N)[n+]1[O-]. The third kappa shape index (κ3) is 1.52. The van der Waals surface area contributed by atoms with Crippen molar-refractivity contribution in [3.63, 3.8) is 0 Å². The summed E-state index contributed by atoms with van der Waals surface area (Å²) in [6, 6.07) is 0. The maximum Gasteiger partial charge on any atom is 0.441 e. The van der Waals surface area contributed by atoms with Gasteiger partial charge in [-0.3, -0.25) is 0 Å². The minimum atomic E-state index is -1.11. The highest BCUT2D eigenvalue weighted by molar-refractivity contribution is 5.52. The van der Waals surface area contributed by atoms with Crippen molar-refractivity contribution in [1.29, 1.82) is 0 Å². The van der Waals surface area contributed by atoms with E-state index >= 15 is 0 Å². The Bertz CT molecular complexity index is 419. The lowest BCUT2D eigenvalue weighted by molar-refractivity contribution is -0.584. The third-order valence-corrected chi connectivity index (χ3v) is 1.45. The molecule has 11 nitrogen and oxygen atoms in total. The molecule has 0 spiro atoms. The fourth-order valence-corrected chi connectivity index (χ4v) is 0.795. The zero-order valence-corrected chi connectivity index (χ0v) is 6.98. The van der Waals surface area contributed by atoms with E-state index < -0.39 is 33.1 Å². The van der Waals surface area contributed by atoms with Gasteiger partial charge in [-0.1, -0.05) is 0 Å². The molecule has 1 aromatic rings. The standard InChI is InChI=1S/C4H4N6O5/c5-1-3(9(12)13)7-4(10(14)15)2(6)8(1)11/h5-6H2. The van der Waals surface area contributed by atoms with Crippen LogP contribution in [0.15, 0.2) is 0 Å². The molecule has 15 heavy (non-hydrogen) atoms. The van der Waals surface area contributed by atoms with Crippen LogP contribution in [0.2, 0.25) is 0 Å². The van der Waals surface area contributed by atoms with Crippen molar-refractivity contribution in [3.8, 4) is 0 Å². The number of hydrogen-bond donors (Lipinski definition) is 2. The number of hydrogen-bond acceptors (Lipinski definition) is 8. The smallest absolute Gasteiger partial charge is 0.441 e. The van der Waals surface area contributed by atoms with E-state index in [1.807, 2.05) is 0 Å². The molecule has 0 unspecified atom stereocenters. The van der Waals surface area contributed by atoms with Crippen LogP contribution in [0.25, 0.3) is 0 Å². The third-order valence-electron chi connectivity index (χ3n) is 1.45. The predicted octanol–water partition coefficient (Wildman–Crippen LogP) is -1.30. The van der Waals surface area contributed by atoms with Gasteiger partial charge in [0, 0.05) is 4.98 Å². The van der Waals surface area contributed by atoms with Crippen molar-refractivity contribution < 1.29 is 14.6 Å². The molecule has 80 valence electrons. The molecule has 11 heteroatoms. The van der Waals surface area contributed by atoms with Gasteiger partial charge in [0.15, 0.2) is 0 Å². The molecule has 1 rings (SSSR count). The lowest BCUT2D eigenvalue weighted by atomic mass is 10.5. The first-order valence-electron chi connectivity index (χ1n) is 3.33. The summed E-state index contributed by atoms with van der Waals surface area (Å²) in [6.07, 6.45) is 0. The average Bonchev–Trinajstić information content (AvgIpc) is 2.13. The second-order valence-corrected chi connectivity index (χ2v) is 2.34. The van der Waals surface area contributed by atoms with Gasteiger partial charge in [-0.15, -0.1) is 0 Å². The van der Waals surface area contributed by atoms with Crippen molar-refractivity contribution >= 4 is 23.3 Å². The number of nitrogens with two attached hydrogens (primary N) is 2. The quantitative estimate of drug-likeness (QED) is 0.264. The van der Waals surface area contributed by atoms with Crippen LogP contribution in [-0.2, 0) is 0 Å². The van der Waals surface area contributed by atoms with E-state index in [1.54, 1.807) is 0 Å². The first-order chi connectivity index (χ1) is 6.86. The summed E-state index contributed by atoms with van der Waals surface area (Å²) in [5.74, 6) is -4.01. The molecular weight excluding hydrogens is 212 g/mol. The summed E-state index contributed by atoms with van der Waals surface area (Å²) in [4.78, 5) is 21.3. The molecular formula is C4H4N6O5. The van der Waals surface area contributed by atoms with Gasteiger partial charge in [-0.25, -0.2) is 4.73 Å².